The Morgan fingerprint density at radius 2 is 1.91 bits per heavy atom. The number of nitrogens with one attached hydrogen (secondary N) is 1. The van der Waals surface area contributed by atoms with E-state index in [9.17, 15) is 0 Å². The number of nitrogens with two attached hydrogens (primary N) is 1. The molecule has 124 valence electrons. The molecule has 1 aliphatic heterocycles. The Hall–Kier alpha value is -1.55. The molecule has 4 rings (SSSR count). The van der Waals surface area contributed by atoms with Gasteiger partial charge in [0.05, 0.1) is 12.1 Å². The molecule has 23 heavy (non-hydrogen) atoms. The average Bonchev–Trinajstić information content (AvgIpc) is 3.12. The number of ether oxygens (including phenoxy) is 1. The fourth-order valence-corrected chi connectivity index (χ4v) is 5.21. The number of aryl methyl sites for hydroxylation is 2. The van der Waals surface area contributed by atoms with E-state index in [-0.39, 0.29) is 5.41 Å². The quantitative estimate of drug-likeness (QED) is 0.650. The molecule has 1 spiro atoms. The van der Waals surface area contributed by atoms with Crippen LogP contribution in [-0.2, 0) is 4.74 Å². The summed E-state index contributed by atoms with van der Waals surface area (Å²) in [5.74, 6) is 1.13. The fourth-order valence-electron chi connectivity index (χ4n) is 5.21. The first-order valence-electron chi connectivity index (χ1n) is 8.89. The van der Waals surface area contributed by atoms with Crippen molar-refractivity contribution in [2.24, 2.45) is 22.1 Å². The molecule has 3 unspecified atom stereocenters. The zero-order valence-corrected chi connectivity index (χ0v) is 14.1. The van der Waals surface area contributed by atoms with E-state index < -0.39 is 0 Å². The number of fused-ring (bicyclic) bond motifs is 2. The van der Waals surface area contributed by atoms with Crippen molar-refractivity contribution in [3.05, 3.63) is 29.3 Å². The lowest BCUT2D eigenvalue weighted by molar-refractivity contribution is -0.117. The van der Waals surface area contributed by atoms with Gasteiger partial charge in [0.25, 0.3) is 0 Å². The summed E-state index contributed by atoms with van der Waals surface area (Å²) in [5, 5.41) is 3.30. The monoisotopic (exact) mass is 313 g/mol. The van der Waals surface area contributed by atoms with Crippen LogP contribution < -0.4 is 11.1 Å². The Balaban J connectivity index is 1.54. The molecule has 1 aromatic carbocycles. The van der Waals surface area contributed by atoms with Crippen molar-refractivity contribution >= 4 is 11.6 Å². The summed E-state index contributed by atoms with van der Waals surface area (Å²) >= 11 is 0. The fraction of sp³-hybridized carbons (Fsp3) is 0.632. The van der Waals surface area contributed by atoms with Crippen molar-refractivity contribution in [2.45, 2.75) is 58.1 Å². The summed E-state index contributed by atoms with van der Waals surface area (Å²) in [6.07, 6.45) is 6.69. The van der Waals surface area contributed by atoms with Gasteiger partial charge in [-0.15, -0.1) is 0 Å². The Morgan fingerprint density at radius 3 is 2.61 bits per heavy atom. The third-order valence-electron chi connectivity index (χ3n) is 6.01. The van der Waals surface area contributed by atoms with Crippen LogP contribution in [0.1, 0.15) is 43.2 Å². The van der Waals surface area contributed by atoms with Gasteiger partial charge in [-0.3, -0.25) is 0 Å². The van der Waals surface area contributed by atoms with Crippen molar-refractivity contribution in [3.8, 4) is 0 Å². The van der Waals surface area contributed by atoms with Gasteiger partial charge in [0.2, 0.25) is 0 Å². The number of rotatable bonds is 2. The highest BCUT2D eigenvalue weighted by Crippen LogP contribution is 2.62. The zero-order valence-electron chi connectivity index (χ0n) is 14.1. The average molecular weight is 313 g/mol. The molecule has 2 aliphatic carbocycles. The van der Waals surface area contributed by atoms with Gasteiger partial charge in [-0.2, -0.15) is 0 Å². The predicted octanol–water partition coefficient (Wildman–Crippen LogP) is 3.38. The van der Waals surface area contributed by atoms with Crippen LogP contribution >= 0.6 is 0 Å². The van der Waals surface area contributed by atoms with E-state index >= 15 is 0 Å². The first-order chi connectivity index (χ1) is 11.1. The highest BCUT2D eigenvalue weighted by atomic mass is 16.5. The number of benzene rings is 1. The predicted molar refractivity (Wildman–Crippen MR) is 93.7 cm³/mol. The third-order valence-corrected chi connectivity index (χ3v) is 6.01. The van der Waals surface area contributed by atoms with E-state index in [1.54, 1.807) is 0 Å². The standard InChI is InChI=1S/C19H27N3O/c1-12-9-13(2)11-14(10-12)21-18(20)22-16-15-5-8-23-17(15)19(16)6-3-4-7-19/h9-11,15-17H,3-8H2,1-2H3,(H3,20,21,22). The van der Waals surface area contributed by atoms with Gasteiger partial charge in [-0.1, -0.05) is 18.9 Å². The molecule has 4 heteroatoms. The topological polar surface area (TPSA) is 59.6 Å². The maximum Gasteiger partial charge on any atom is 0.193 e. The van der Waals surface area contributed by atoms with Crippen molar-refractivity contribution in [3.63, 3.8) is 0 Å². The minimum Gasteiger partial charge on any atom is -0.377 e. The molecule has 3 N–H and O–H groups in total. The number of hydrogen-bond acceptors (Lipinski definition) is 2. The lowest BCUT2D eigenvalue weighted by Gasteiger charge is -2.54. The maximum absolute atomic E-state index is 6.25. The van der Waals surface area contributed by atoms with Gasteiger partial charge < -0.3 is 15.8 Å². The Morgan fingerprint density at radius 1 is 1.22 bits per heavy atom. The summed E-state index contributed by atoms with van der Waals surface area (Å²) in [6.45, 7) is 5.10. The second kappa shape index (κ2) is 5.52. The molecule has 3 atom stereocenters. The summed E-state index contributed by atoms with van der Waals surface area (Å²) in [6, 6.07) is 6.74. The highest BCUT2D eigenvalue weighted by molar-refractivity contribution is 5.92. The number of nitrogens with zero attached hydrogens (tertiary/aromatic N) is 1. The number of aliphatic imine (C=N–C) groups is 1. The van der Waals surface area contributed by atoms with Crippen molar-refractivity contribution in [1.82, 2.24) is 0 Å². The molecule has 0 bridgehead atoms. The minimum atomic E-state index is 0.274. The minimum absolute atomic E-state index is 0.274. The molecule has 0 aromatic heterocycles. The summed E-state index contributed by atoms with van der Waals surface area (Å²) < 4.78 is 6.02. The summed E-state index contributed by atoms with van der Waals surface area (Å²) in [5.41, 5.74) is 10.0. The van der Waals surface area contributed by atoms with Crippen LogP contribution in [-0.4, -0.2) is 24.7 Å². The van der Waals surface area contributed by atoms with Crippen molar-refractivity contribution < 1.29 is 4.74 Å². The number of guanidine groups is 1. The smallest absolute Gasteiger partial charge is 0.193 e. The van der Waals surface area contributed by atoms with Gasteiger partial charge in [0, 0.05) is 23.6 Å². The Bertz CT molecular complexity index is 613. The van der Waals surface area contributed by atoms with Crippen LogP contribution in [0.2, 0.25) is 0 Å². The number of hydrogen-bond donors (Lipinski definition) is 2. The molecular weight excluding hydrogens is 286 g/mol. The second-order valence-electron chi connectivity index (χ2n) is 7.64. The van der Waals surface area contributed by atoms with E-state index in [2.05, 4.69) is 37.4 Å². The van der Waals surface area contributed by atoms with Gasteiger partial charge >= 0.3 is 0 Å². The van der Waals surface area contributed by atoms with Crippen LogP contribution in [0, 0.1) is 25.2 Å². The lowest BCUT2D eigenvalue weighted by atomic mass is 9.54. The Labute approximate surface area is 138 Å². The van der Waals surface area contributed by atoms with Gasteiger partial charge in [0.15, 0.2) is 5.96 Å². The molecule has 3 aliphatic rings. The van der Waals surface area contributed by atoms with Crippen LogP contribution in [0.4, 0.5) is 5.69 Å². The van der Waals surface area contributed by atoms with Crippen molar-refractivity contribution in [2.75, 3.05) is 11.9 Å². The first kappa shape index (κ1) is 15.0. The van der Waals surface area contributed by atoms with Crippen molar-refractivity contribution in [1.29, 1.82) is 0 Å². The lowest BCUT2D eigenvalue weighted by Crippen LogP contribution is -2.61. The zero-order chi connectivity index (χ0) is 16.0. The summed E-state index contributed by atoms with van der Waals surface area (Å²) in [7, 11) is 0. The van der Waals surface area contributed by atoms with Crippen LogP contribution in [0.3, 0.4) is 0 Å². The molecule has 0 amide bonds. The summed E-state index contributed by atoms with van der Waals surface area (Å²) in [4.78, 5) is 4.92. The maximum atomic E-state index is 6.25. The van der Waals surface area contributed by atoms with E-state index in [0.29, 0.717) is 24.0 Å². The molecule has 1 heterocycles. The first-order valence-corrected chi connectivity index (χ1v) is 8.89. The third kappa shape index (κ3) is 2.44. The van der Waals surface area contributed by atoms with E-state index in [4.69, 9.17) is 15.5 Å². The highest BCUT2D eigenvalue weighted by Gasteiger charge is 2.65. The van der Waals surface area contributed by atoms with E-state index in [0.717, 1.165) is 18.7 Å². The largest absolute Gasteiger partial charge is 0.377 e. The normalized spacial score (nSPS) is 31.9. The molecular formula is C19H27N3O. The van der Waals surface area contributed by atoms with E-state index in [1.165, 1.54) is 36.8 Å². The van der Waals surface area contributed by atoms with Gasteiger partial charge in [-0.05, 0) is 56.4 Å². The van der Waals surface area contributed by atoms with Gasteiger partial charge in [-0.25, -0.2) is 4.99 Å². The molecule has 3 fully saturated rings. The molecule has 4 nitrogen and oxygen atoms in total. The molecule has 1 aromatic rings. The van der Waals surface area contributed by atoms with Crippen LogP contribution in [0.25, 0.3) is 0 Å². The number of anilines is 1. The van der Waals surface area contributed by atoms with Crippen LogP contribution in [0.15, 0.2) is 23.2 Å². The van der Waals surface area contributed by atoms with Gasteiger partial charge in [0.1, 0.15) is 0 Å². The van der Waals surface area contributed by atoms with Crippen LogP contribution in [0.5, 0.6) is 0 Å². The SMILES string of the molecule is Cc1cc(C)cc(NC(N)=NC2C3CCOC3C23CCCC3)c1. The Kier molecular flexibility index (Phi) is 3.60. The van der Waals surface area contributed by atoms with E-state index in [1.807, 2.05) is 0 Å². The molecule has 1 saturated heterocycles. The molecule has 0 radical (unpaired) electrons. The second-order valence-corrected chi connectivity index (χ2v) is 7.64. The molecule has 2 saturated carbocycles.